The Labute approximate surface area is 89.9 Å². The third kappa shape index (κ3) is 2.50. The first kappa shape index (κ1) is 12.0. The van der Waals surface area contributed by atoms with Crippen molar-refractivity contribution in [1.82, 2.24) is 0 Å². The quantitative estimate of drug-likeness (QED) is 0.677. The number of alkyl halides is 3. The van der Waals surface area contributed by atoms with Crippen LogP contribution in [0.25, 0.3) is 0 Å². The first-order chi connectivity index (χ1) is 6.73. The average molecular weight is 237 g/mol. The van der Waals surface area contributed by atoms with Crippen LogP contribution in [0.5, 0.6) is 0 Å². The molecule has 0 unspecified atom stereocenters. The van der Waals surface area contributed by atoms with E-state index in [0.717, 1.165) is 6.92 Å². The van der Waals surface area contributed by atoms with E-state index >= 15 is 0 Å². The molecule has 5 heteroatoms. The van der Waals surface area contributed by atoms with Gasteiger partial charge < -0.3 is 0 Å². The van der Waals surface area contributed by atoms with E-state index in [-0.39, 0.29) is 5.56 Å². The lowest BCUT2D eigenvalue weighted by Crippen LogP contribution is -2.13. The van der Waals surface area contributed by atoms with Gasteiger partial charge in [0.15, 0.2) is 5.78 Å². The minimum absolute atomic E-state index is 0.382. The molecule has 0 aromatic heterocycles. The van der Waals surface area contributed by atoms with Crippen molar-refractivity contribution < 1.29 is 18.0 Å². The van der Waals surface area contributed by atoms with E-state index in [1.165, 1.54) is 12.1 Å². The van der Waals surface area contributed by atoms with E-state index in [1.807, 2.05) is 0 Å². The van der Waals surface area contributed by atoms with Crippen LogP contribution in [0.2, 0.25) is 5.02 Å². The van der Waals surface area contributed by atoms with E-state index in [4.69, 9.17) is 11.6 Å². The molecule has 0 atom stereocenters. The van der Waals surface area contributed by atoms with Gasteiger partial charge in [0, 0.05) is 5.56 Å². The van der Waals surface area contributed by atoms with Gasteiger partial charge in [-0.2, -0.15) is 13.2 Å². The molecule has 0 amide bonds. The molecule has 1 nitrogen and oxygen atoms in total. The van der Waals surface area contributed by atoms with Crippen LogP contribution in [0.3, 0.4) is 0 Å². The summed E-state index contributed by atoms with van der Waals surface area (Å²) in [6, 6.07) is 2.38. The van der Waals surface area contributed by atoms with Crippen LogP contribution in [-0.2, 0) is 6.18 Å². The molecule has 0 radical (unpaired) electrons. The van der Waals surface area contributed by atoms with Crippen molar-refractivity contribution in [2.75, 3.05) is 0 Å². The molecule has 0 bridgehead atoms. The zero-order valence-electron chi connectivity index (χ0n) is 8.07. The molecule has 0 spiro atoms. The summed E-state index contributed by atoms with van der Waals surface area (Å²) < 4.78 is 37.7. The molecule has 0 fully saturated rings. The van der Waals surface area contributed by atoms with E-state index in [2.05, 4.69) is 0 Å². The van der Waals surface area contributed by atoms with Gasteiger partial charge in [-0.3, -0.25) is 4.79 Å². The van der Waals surface area contributed by atoms with Gasteiger partial charge in [-0.05, 0) is 31.5 Å². The number of rotatable bonds is 1. The highest BCUT2D eigenvalue weighted by Crippen LogP contribution is 2.38. The normalized spacial score (nSPS) is 11.6. The molecule has 0 heterocycles. The highest BCUT2D eigenvalue weighted by atomic mass is 35.5. The number of hydrogen-bond donors (Lipinski definition) is 0. The molecule has 82 valence electrons. The molecule has 0 aliphatic heterocycles. The van der Waals surface area contributed by atoms with Crippen LogP contribution in [0.1, 0.15) is 28.4 Å². The van der Waals surface area contributed by atoms with Crippen LogP contribution in [-0.4, -0.2) is 5.78 Å². The van der Waals surface area contributed by atoms with E-state index in [1.54, 1.807) is 6.92 Å². The van der Waals surface area contributed by atoms with Crippen molar-refractivity contribution in [2.45, 2.75) is 20.0 Å². The Balaban J connectivity index is 3.55. The fourth-order valence-electron chi connectivity index (χ4n) is 1.31. The van der Waals surface area contributed by atoms with Crippen molar-refractivity contribution in [1.29, 1.82) is 0 Å². The number of Topliss-reactive ketones (excluding diaryl/α,β-unsaturated/α-hetero) is 1. The molecular formula is C10H8ClF3O. The molecule has 0 saturated carbocycles. The van der Waals surface area contributed by atoms with Crippen molar-refractivity contribution >= 4 is 17.4 Å². The number of hydrogen-bond acceptors (Lipinski definition) is 1. The molecule has 1 aromatic carbocycles. The summed E-state index contributed by atoms with van der Waals surface area (Å²) in [4.78, 5) is 11.1. The number of halogens is 4. The Morgan fingerprint density at radius 1 is 1.33 bits per heavy atom. The zero-order valence-corrected chi connectivity index (χ0v) is 8.83. The van der Waals surface area contributed by atoms with Gasteiger partial charge >= 0.3 is 6.18 Å². The Morgan fingerprint density at radius 3 is 2.27 bits per heavy atom. The number of benzene rings is 1. The summed E-state index contributed by atoms with van der Waals surface area (Å²) >= 11 is 5.49. The second-order valence-corrected chi connectivity index (χ2v) is 3.63. The highest BCUT2D eigenvalue weighted by molar-refractivity contribution is 6.32. The van der Waals surface area contributed by atoms with Crippen LogP contribution in [0, 0.1) is 6.92 Å². The molecule has 15 heavy (non-hydrogen) atoms. The third-order valence-corrected chi connectivity index (χ3v) is 2.20. The smallest absolute Gasteiger partial charge is 0.294 e. The predicted molar refractivity (Wildman–Crippen MR) is 51.2 cm³/mol. The Morgan fingerprint density at radius 2 is 1.87 bits per heavy atom. The SMILES string of the molecule is CC(=O)c1cc(C)cc(Cl)c1C(F)(F)F. The summed E-state index contributed by atoms with van der Waals surface area (Å²) in [5.41, 5.74) is -0.909. The molecule has 0 N–H and O–H groups in total. The number of ketones is 1. The van der Waals surface area contributed by atoms with Crippen LogP contribution >= 0.6 is 11.6 Å². The van der Waals surface area contributed by atoms with Crippen molar-refractivity contribution in [3.8, 4) is 0 Å². The maximum atomic E-state index is 12.6. The maximum Gasteiger partial charge on any atom is 0.418 e. The largest absolute Gasteiger partial charge is 0.418 e. The molecule has 1 rings (SSSR count). The third-order valence-electron chi connectivity index (χ3n) is 1.90. The minimum atomic E-state index is -4.61. The van der Waals surface area contributed by atoms with Crippen molar-refractivity contribution in [3.05, 3.63) is 33.8 Å². The van der Waals surface area contributed by atoms with E-state index in [0.29, 0.717) is 5.56 Å². The number of carbonyl (C=O) groups is 1. The molecule has 0 aliphatic carbocycles. The lowest BCUT2D eigenvalue weighted by Gasteiger charge is -2.13. The fourth-order valence-corrected chi connectivity index (χ4v) is 1.69. The minimum Gasteiger partial charge on any atom is -0.294 e. The van der Waals surface area contributed by atoms with Crippen molar-refractivity contribution in [2.24, 2.45) is 0 Å². The Bertz CT molecular complexity index is 410. The summed E-state index contributed by atoms with van der Waals surface area (Å²) in [5, 5.41) is -0.437. The Hall–Kier alpha value is -1.03. The summed E-state index contributed by atoms with van der Waals surface area (Å²) in [5.74, 6) is -0.645. The van der Waals surface area contributed by atoms with Crippen LogP contribution in [0.4, 0.5) is 13.2 Å². The summed E-state index contributed by atoms with van der Waals surface area (Å²) in [7, 11) is 0. The molecule has 1 aromatic rings. The second kappa shape index (κ2) is 3.85. The summed E-state index contributed by atoms with van der Waals surface area (Å²) in [6.45, 7) is 2.67. The maximum absolute atomic E-state index is 12.6. The van der Waals surface area contributed by atoms with Gasteiger partial charge in [-0.15, -0.1) is 0 Å². The topological polar surface area (TPSA) is 17.1 Å². The molecule has 0 saturated heterocycles. The van der Waals surface area contributed by atoms with Crippen LogP contribution in [0.15, 0.2) is 12.1 Å². The van der Waals surface area contributed by atoms with Gasteiger partial charge in [-0.25, -0.2) is 0 Å². The van der Waals surface area contributed by atoms with Gasteiger partial charge in [0.25, 0.3) is 0 Å². The lowest BCUT2D eigenvalue weighted by molar-refractivity contribution is -0.137. The Kier molecular flexibility index (Phi) is 3.09. The zero-order chi connectivity index (χ0) is 11.8. The lowest BCUT2D eigenvalue weighted by atomic mass is 10.0. The monoisotopic (exact) mass is 236 g/mol. The van der Waals surface area contributed by atoms with Gasteiger partial charge in [-0.1, -0.05) is 11.6 Å². The molecular weight excluding hydrogens is 229 g/mol. The number of aryl methyl sites for hydroxylation is 1. The van der Waals surface area contributed by atoms with Gasteiger partial charge in [0.2, 0.25) is 0 Å². The number of carbonyl (C=O) groups excluding carboxylic acids is 1. The van der Waals surface area contributed by atoms with E-state index < -0.39 is 22.5 Å². The fraction of sp³-hybridized carbons (Fsp3) is 0.300. The van der Waals surface area contributed by atoms with Crippen molar-refractivity contribution in [3.63, 3.8) is 0 Å². The predicted octanol–water partition coefficient (Wildman–Crippen LogP) is 3.87. The first-order valence-electron chi connectivity index (χ1n) is 4.11. The average Bonchev–Trinajstić information content (AvgIpc) is 1.99. The van der Waals surface area contributed by atoms with Crippen LogP contribution < -0.4 is 0 Å². The standard InChI is InChI=1S/C10H8ClF3O/c1-5-3-7(6(2)15)9(8(11)4-5)10(12,13)14/h3-4H,1-2H3. The van der Waals surface area contributed by atoms with Gasteiger partial charge in [0.1, 0.15) is 0 Å². The highest BCUT2D eigenvalue weighted by Gasteiger charge is 2.37. The summed E-state index contributed by atoms with van der Waals surface area (Å²) in [6.07, 6.45) is -4.61. The first-order valence-corrected chi connectivity index (χ1v) is 4.49. The molecule has 0 aliphatic rings. The van der Waals surface area contributed by atoms with E-state index in [9.17, 15) is 18.0 Å². The second-order valence-electron chi connectivity index (χ2n) is 3.22. The van der Waals surface area contributed by atoms with Gasteiger partial charge in [0.05, 0.1) is 10.6 Å².